The molecule has 0 unspecified atom stereocenters. The van der Waals surface area contributed by atoms with E-state index in [0.717, 1.165) is 0 Å². The fourth-order valence-electron chi connectivity index (χ4n) is 1.33. The smallest absolute Gasteiger partial charge is 0.425 e. The van der Waals surface area contributed by atoms with E-state index in [0.29, 0.717) is 5.56 Å². The van der Waals surface area contributed by atoms with Gasteiger partial charge in [0.15, 0.2) is 0 Å². The number of ether oxygens (including phenoxy) is 1. The maximum Gasteiger partial charge on any atom is 0.425 e. The van der Waals surface area contributed by atoms with Crippen molar-refractivity contribution in [2.75, 3.05) is 0 Å². The quantitative estimate of drug-likeness (QED) is 0.432. The van der Waals surface area contributed by atoms with Crippen LogP contribution in [0.1, 0.15) is 26.3 Å². The summed E-state index contributed by atoms with van der Waals surface area (Å²) in [5.41, 5.74) is -2.01. The van der Waals surface area contributed by atoms with Gasteiger partial charge in [-0.2, -0.15) is 13.2 Å². The fourth-order valence-corrected chi connectivity index (χ4v) is 1.52. The van der Waals surface area contributed by atoms with Crippen molar-refractivity contribution in [2.45, 2.75) is 32.5 Å². The average molecular weight is 331 g/mol. The van der Waals surface area contributed by atoms with Gasteiger partial charge in [-0.15, -0.1) is 0 Å². The largest absolute Gasteiger partial charge is 0.456 e. The lowest BCUT2D eigenvalue weighted by molar-refractivity contribution is -0.149. The molecular weight excluding hydrogens is 317 g/mol. The second kappa shape index (κ2) is 6.89. The van der Waals surface area contributed by atoms with E-state index in [2.05, 4.69) is 5.92 Å². The maximum absolute atomic E-state index is 13.0. The summed E-state index contributed by atoms with van der Waals surface area (Å²) < 4.78 is 43.9. The van der Waals surface area contributed by atoms with Gasteiger partial charge >= 0.3 is 12.1 Å². The van der Waals surface area contributed by atoms with Crippen LogP contribution in [0, 0.1) is 11.8 Å². The second-order valence-corrected chi connectivity index (χ2v) is 5.68. The van der Waals surface area contributed by atoms with Crippen LogP contribution >= 0.6 is 11.6 Å². The zero-order valence-electron chi connectivity index (χ0n) is 12.2. The van der Waals surface area contributed by atoms with Gasteiger partial charge in [0.25, 0.3) is 0 Å². The van der Waals surface area contributed by atoms with Gasteiger partial charge in [-0.1, -0.05) is 41.6 Å². The van der Waals surface area contributed by atoms with Crippen LogP contribution in [-0.4, -0.2) is 17.7 Å². The number of halogens is 4. The molecule has 0 aliphatic heterocycles. The van der Waals surface area contributed by atoms with Gasteiger partial charge in [0.05, 0.1) is 0 Å². The molecule has 0 spiro atoms. The summed E-state index contributed by atoms with van der Waals surface area (Å²) in [6.07, 6.45) is -4.85. The van der Waals surface area contributed by atoms with Gasteiger partial charge in [0.2, 0.25) is 0 Å². The second-order valence-electron chi connectivity index (χ2n) is 5.30. The van der Waals surface area contributed by atoms with E-state index < -0.39 is 28.4 Å². The minimum absolute atomic E-state index is 0.373. The highest BCUT2D eigenvalue weighted by Gasteiger charge is 2.38. The third-order valence-corrected chi connectivity index (χ3v) is 2.53. The first-order valence-electron chi connectivity index (χ1n) is 6.28. The molecular formula is C16H14ClF3O2. The van der Waals surface area contributed by atoms with Crippen molar-refractivity contribution in [3.05, 3.63) is 46.5 Å². The lowest BCUT2D eigenvalue weighted by atomic mass is 10.1. The van der Waals surface area contributed by atoms with Crippen molar-refractivity contribution >= 4 is 17.6 Å². The number of hydrogen-bond acceptors (Lipinski definition) is 2. The molecule has 0 saturated heterocycles. The highest BCUT2D eigenvalue weighted by Crippen LogP contribution is 2.30. The molecule has 0 amide bonds. The predicted molar refractivity (Wildman–Crippen MR) is 78.1 cm³/mol. The molecule has 1 rings (SSSR count). The monoisotopic (exact) mass is 330 g/mol. The summed E-state index contributed by atoms with van der Waals surface area (Å²) in [5, 5.41) is -1.08. The van der Waals surface area contributed by atoms with Gasteiger partial charge in [0, 0.05) is 5.56 Å². The first kappa shape index (κ1) is 18.1. The number of esters is 1. The van der Waals surface area contributed by atoms with Crippen molar-refractivity contribution in [1.82, 2.24) is 0 Å². The Labute approximate surface area is 131 Å². The Bertz CT molecular complexity index is 629. The van der Waals surface area contributed by atoms with E-state index in [1.165, 1.54) is 20.8 Å². The average Bonchev–Trinajstić information content (AvgIpc) is 2.36. The molecule has 6 heteroatoms. The molecule has 1 aromatic carbocycles. The van der Waals surface area contributed by atoms with Gasteiger partial charge in [-0.05, 0) is 32.9 Å². The van der Waals surface area contributed by atoms with Crippen molar-refractivity contribution in [2.24, 2.45) is 0 Å². The maximum atomic E-state index is 13.0. The normalized spacial score (nSPS) is 12.9. The third kappa shape index (κ3) is 5.82. The van der Waals surface area contributed by atoms with Crippen molar-refractivity contribution in [1.29, 1.82) is 0 Å². The summed E-state index contributed by atoms with van der Waals surface area (Å²) in [4.78, 5) is 11.7. The molecule has 0 aromatic heterocycles. The van der Waals surface area contributed by atoms with Crippen LogP contribution in [-0.2, 0) is 9.53 Å². The Morgan fingerprint density at radius 2 is 1.68 bits per heavy atom. The highest BCUT2D eigenvalue weighted by atomic mass is 35.5. The van der Waals surface area contributed by atoms with Crippen LogP contribution in [0.25, 0.3) is 0 Å². The predicted octanol–water partition coefficient (Wildman–Crippen LogP) is 4.44. The van der Waals surface area contributed by atoms with E-state index in [9.17, 15) is 18.0 Å². The van der Waals surface area contributed by atoms with E-state index in [1.54, 1.807) is 30.3 Å². The number of carbonyl (C=O) groups is 1. The minimum Gasteiger partial charge on any atom is -0.456 e. The molecule has 118 valence electrons. The van der Waals surface area contributed by atoms with Crippen molar-refractivity contribution in [3.63, 3.8) is 0 Å². The molecule has 0 atom stereocenters. The lowest BCUT2D eigenvalue weighted by Crippen LogP contribution is -2.25. The van der Waals surface area contributed by atoms with Crippen LogP contribution < -0.4 is 0 Å². The lowest BCUT2D eigenvalue weighted by Gasteiger charge is -2.19. The van der Waals surface area contributed by atoms with Gasteiger partial charge in [-0.25, -0.2) is 4.79 Å². The van der Waals surface area contributed by atoms with E-state index in [1.807, 2.05) is 5.92 Å². The zero-order chi connectivity index (χ0) is 17.0. The minimum atomic E-state index is -4.85. The number of benzene rings is 1. The van der Waals surface area contributed by atoms with Crippen LogP contribution in [0.2, 0.25) is 0 Å². The Morgan fingerprint density at radius 1 is 1.14 bits per heavy atom. The first-order valence-corrected chi connectivity index (χ1v) is 6.66. The van der Waals surface area contributed by atoms with Gasteiger partial charge in [-0.3, -0.25) is 0 Å². The third-order valence-electron chi connectivity index (χ3n) is 2.19. The molecule has 2 nitrogen and oxygen atoms in total. The van der Waals surface area contributed by atoms with Crippen molar-refractivity contribution in [3.8, 4) is 11.8 Å². The molecule has 22 heavy (non-hydrogen) atoms. The number of rotatable bonds is 1. The van der Waals surface area contributed by atoms with E-state index in [-0.39, 0.29) is 0 Å². The van der Waals surface area contributed by atoms with Crippen LogP contribution in [0.4, 0.5) is 13.2 Å². The number of carbonyl (C=O) groups excluding carboxylic acids is 1. The van der Waals surface area contributed by atoms with E-state index >= 15 is 0 Å². The zero-order valence-corrected chi connectivity index (χ0v) is 13.0. The van der Waals surface area contributed by atoms with Crippen LogP contribution in [0.3, 0.4) is 0 Å². The highest BCUT2D eigenvalue weighted by molar-refractivity contribution is 6.42. The fraction of sp³-hybridized carbons (Fsp3) is 0.312. The molecule has 0 fully saturated rings. The van der Waals surface area contributed by atoms with Gasteiger partial charge in [0.1, 0.15) is 16.2 Å². The molecule has 1 aromatic rings. The van der Waals surface area contributed by atoms with Crippen molar-refractivity contribution < 1.29 is 22.7 Å². The Kier molecular flexibility index (Phi) is 5.67. The molecule has 0 bridgehead atoms. The summed E-state index contributed by atoms with van der Waals surface area (Å²) in [6, 6.07) is 8.07. The molecule has 0 saturated carbocycles. The number of alkyl halides is 3. The summed E-state index contributed by atoms with van der Waals surface area (Å²) in [6.45, 7) is 4.58. The van der Waals surface area contributed by atoms with Gasteiger partial charge < -0.3 is 4.74 Å². The summed E-state index contributed by atoms with van der Waals surface area (Å²) in [5.74, 6) is 2.98. The Hall–Kier alpha value is -1.93. The summed E-state index contributed by atoms with van der Waals surface area (Å²) >= 11 is 5.54. The molecule has 0 radical (unpaired) electrons. The van der Waals surface area contributed by atoms with E-state index in [4.69, 9.17) is 16.3 Å². The first-order chi connectivity index (χ1) is 10.0. The summed E-state index contributed by atoms with van der Waals surface area (Å²) in [7, 11) is 0. The molecule has 0 heterocycles. The number of allylic oxidation sites excluding steroid dienone is 1. The molecule has 0 N–H and O–H groups in total. The van der Waals surface area contributed by atoms with Crippen LogP contribution in [0.15, 0.2) is 40.9 Å². The molecule has 0 aliphatic carbocycles. The standard InChI is InChI=1S/C16H14ClF3O2/c1-15(2,3)22-14(21)13(17)12(16(18,19)20)10-9-11-7-5-4-6-8-11/h4-8H,1-3H3/b13-12+. The Morgan fingerprint density at radius 3 is 2.14 bits per heavy atom. The topological polar surface area (TPSA) is 26.3 Å². The SMILES string of the molecule is CC(C)(C)OC(=O)/C(Cl)=C(/C#Cc1ccccc1)C(F)(F)F. The number of hydrogen-bond donors (Lipinski definition) is 0. The Balaban J connectivity index is 3.22. The molecule has 0 aliphatic rings. The van der Waals surface area contributed by atoms with Crippen LogP contribution in [0.5, 0.6) is 0 Å².